The van der Waals surface area contributed by atoms with Gasteiger partial charge in [0, 0.05) is 23.5 Å². The molecule has 214 valence electrons. The second-order valence-corrected chi connectivity index (χ2v) is 13.2. The predicted octanol–water partition coefficient (Wildman–Crippen LogP) is 5.22. The predicted molar refractivity (Wildman–Crippen MR) is 162 cm³/mol. The number of benzene rings is 3. The summed E-state index contributed by atoms with van der Waals surface area (Å²) in [5, 5.41) is 3.51. The van der Waals surface area contributed by atoms with Crippen molar-refractivity contribution in [1.82, 2.24) is 10.2 Å². The van der Waals surface area contributed by atoms with Crippen molar-refractivity contribution in [3.63, 3.8) is 0 Å². The molecule has 0 spiro atoms. The summed E-state index contributed by atoms with van der Waals surface area (Å²) in [6, 6.07) is 22.7. The second-order valence-electron chi connectivity index (χ2n) is 10.8. The van der Waals surface area contributed by atoms with Gasteiger partial charge in [0.05, 0.1) is 11.9 Å². The molecule has 0 aromatic heterocycles. The summed E-state index contributed by atoms with van der Waals surface area (Å²) in [5.41, 5.74) is 2.30. The van der Waals surface area contributed by atoms with Crippen LogP contribution < -0.4 is 9.62 Å². The first kappa shape index (κ1) is 31.2. The zero-order chi connectivity index (χ0) is 29.5. The quantitative estimate of drug-likeness (QED) is 0.335. The van der Waals surface area contributed by atoms with Gasteiger partial charge in [0.25, 0.3) is 0 Å². The zero-order valence-corrected chi connectivity index (χ0v) is 25.3. The number of carbonyl (C=O) groups excluding carboxylic acids is 2. The maximum absolute atomic E-state index is 14.2. The number of rotatable bonds is 11. The first-order valence-electron chi connectivity index (χ1n) is 13.2. The number of para-hydroxylation sites is 1. The zero-order valence-electron chi connectivity index (χ0n) is 23.7. The highest BCUT2D eigenvalue weighted by atomic mass is 35.5. The fraction of sp³-hybridized carbons (Fsp3) is 0.355. The number of hydrogen-bond donors (Lipinski definition) is 1. The fourth-order valence-corrected chi connectivity index (χ4v) is 5.58. The first-order chi connectivity index (χ1) is 18.8. The number of carbonyl (C=O) groups is 2. The van der Waals surface area contributed by atoms with Crippen LogP contribution in [0.4, 0.5) is 5.69 Å². The minimum Gasteiger partial charge on any atom is -0.350 e. The Kier molecular flexibility index (Phi) is 10.4. The van der Waals surface area contributed by atoms with Crippen molar-refractivity contribution in [2.75, 3.05) is 17.1 Å². The lowest BCUT2D eigenvalue weighted by Crippen LogP contribution is -2.56. The molecule has 1 atom stereocenters. The van der Waals surface area contributed by atoms with Crippen LogP contribution in [0.3, 0.4) is 0 Å². The van der Waals surface area contributed by atoms with Gasteiger partial charge in [-0.15, -0.1) is 0 Å². The van der Waals surface area contributed by atoms with Gasteiger partial charge >= 0.3 is 0 Å². The Morgan fingerprint density at radius 2 is 1.55 bits per heavy atom. The van der Waals surface area contributed by atoms with E-state index in [0.29, 0.717) is 17.1 Å². The minimum atomic E-state index is -3.83. The molecule has 0 unspecified atom stereocenters. The molecule has 0 heterocycles. The standard InChI is InChI=1S/C31H38ClN3O4S/c1-6-25-16-10-11-18-27(25)35(40(5,38)39)22-29(36)34(21-24-15-12-17-26(32)19-24)28(30(37)33-31(2,3)4)20-23-13-8-7-9-14-23/h7-19,28H,6,20-22H2,1-5H3,(H,33,37)/t28-/m1/s1. The van der Waals surface area contributed by atoms with Crippen LogP contribution in [0.15, 0.2) is 78.9 Å². The number of halogens is 1. The average molecular weight is 584 g/mol. The van der Waals surface area contributed by atoms with Gasteiger partial charge in [-0.2, -0.15) is 0 Å². The minimum absolute atomic E-state index is 0.0709. The van der Waals surface area contributed by atoms with Crippen molar-refractivity contribution in [1.29, 1.82) is 0 Å². The Bertz CT molecular complexity index is 1420. The van der Waals surface area contributed by atoms with Crippen LogP contribution in [-0.4, -0.2) is 49.5 Å². The summed E-state index contributed by atoms with van der Waals surface area (Å²) in [6.45, 7) is 7.17. The molecule has 3 aromatic rings. The van der Waals surface area contributed by atoms with Crippen molar-refractivity contribution in [2.45, 2.75) is 58.7 Å². The van der Waals surface area contributed by atoms with E-state index in [2.05, 4.69) is 5.32 Å². The normalized spacial score (nSPS) is 12.4. The largest absolute Gasteiger partial charge is 0.350 e. The van der Waals surface area contributed by atoms with Gasteiger partial charge in [-0.05, 0) is 62.1 Å². The first-order valence-corrected chi connectivity index (χ1v) is 15.5. The van der Waals surface area contributed by atoms with E-state index in [0.717, 1.165) is 27.3 Å². The van der Waals surface area contributed by atoms with Crippen molar-refractivity contribution in [3.05, 3.63) is 101 Å². The molecular formula is C31H38ClN3O4S. The van der Waals surface area contributed by atoms with E-state index >= 15 is 0 Å². The summed E-state index contributed by atoms with van der Waals surface area (Å²) in [4.78, 5) is 29.4. The van der Waals surface area contributed by atoms with E-state index in [9.17, 15) is 18.0 Å². The van der Waals surface area contributed by atoms with Gasteiger partial charge in [-0.1, -0.05) is 79.2 Å². The van der Waals surface area contributed by atoms with E-state index < -0.39 is 34.1 Å². The molecular weight excluding hydrogens is 546 g/mol. The molecule has 7 nitrogen and oxygen atoms in total. The van der Waals surface area contributed by atoms with Crippen molar-refractivity contribution in [3.8, 4) is 0 Å². The molecule has 0 aliphatic rings. The summed E-state index contributed by atoms with van der Waals surface area (Å²) in [7, 11) is -3.83. The maximum Gasteiger partial charge on any atom is 0.244 e. The number of aryl methyl sites for hydroxylation is 1. The van der Waals surface area contributed by atoms with Gasteiger partial charge in [0.15, 0.2) is 0 Å². The van der Waals surface area contributed by atoms with E-state index in [-0.39, 0.29) is 18.9 Å². The highest BCUT2D eigenvalue weighted by molar-refractivity contribution is 7.92. The molecule has 40 heavy (non-hydrogen) atoms. The van der Waals surface area contributed by atoms with Gasteiger partial charge in [0.1, 0.15) is 12.6 Å². The molecule has 3 aromatic carbocycles. The van der Waals surface area contributed by atoms with E-state index in [1.165, 1.54) is 4.90 Å². The second kappa shape index (κ2) is 13.3. The van der Waals surface area contributed by atoms with Crippen molar-refractivity contribution < 1.29 is 18.0 Å². The van der Waals surface area contributed by atoms with Crippen molar-refractivity contribution >= 4 is 39.1 Å². The number of anilines is 1. The molecule has 0 saturated carbocycles. The van der Waals surface area contributed by atoms with Gasteiger partial charge in [-0.25, -0.2) is 8.42 Å². The van der Waals surface area contributed by atoms with Gasteiger partial charge in [0.2, 0.25) is 21.8 Å². The summed E-state index contributed by atoms with van der Waals surface area (Å²) < 4.78 is 27.1. The van der Waals surface area contributed by atoms with Crippen LogP contribution in [0.25, 0.3) is 0 Å². The number of nitrogens with zero attached hydrogens (tertiary/aromatic N) is 2. The monoisotopic (exact) mass is 583 g/mol. The molecule has 1 N–H and O–H groups in total. The molecule has 3 rings (SSSR count). The molecule has 9 heteroatoms. The van der Waals surface area contributed by atoms with E-state index in [1.807, 2.05) is 76.2 Å². The summed E-state index contributed by atoms with van der Waals surface area (Å²) >= 11 is 6.25. The topological polar surface area (TPSA) is 86.8 Å². The average Bonchev–Trinajstić information content (AvgIpc) is 2.88. The summed E-state index contributed by atoms with van der Waals surface area (Å²) in [6.07, 6.45) is 1.93. The van der Waals surface area contributed by atoms with E-state index in [1.54, 1.807) is 30.3 Å². The smallest absolute Gasteiger partial charge is 0.244 e. The lowest BCUT2D eigenvalue weighted by atomic mass is 10.0. The molecule has 0 aliphatic carbocycles. The molecule has 2 amide bonds. The van der Waals surface area contributed by atoms with Crippen LogP contribution in [0.2, 0.25) is 5.02 Å². The van der Waals surface area contributed by atoms with Gasteiger partial charge < -0.3 is 10.2 Å². The molecule has 0 saturated heterocycles. The Balaban J connectivity index is 2.10. The number of nitrogens with one attached hydrogen (secondary N) is 1. The SMILES string of the molecule is CCc1ccccc1N(CC(=O)N(Cc1cccc(Cl)c1)[C@H](Cc1ccccc1)C(=O)NC(C)(C)C)S(C)(=O)=O. The lowest BCUT2D eigenvalue weighted by molar-refractivity contribution is -0.140. The van der Waals surface area contributed by atoms with Crippen LogP contribution in [0.1, 0.15) is 44.4 Å². The highest BCUT2D eigenvalue weighted by Gasteiger charge is 2.34. The number of sulfonamides is 1. The fourth-order valence-electron chi connectivity index (χ4n) is 4.49. The summed E-state index contributed by atoms with van der Waals surface area (Å²) in [5.74, 6) is -0.826. The number of hydrogen-bond acceptors (Lipinski definition) is 4. The Morgan fingerprint density at radius 3 is 2.15 bits per heavy atom. The Hall–Kier alpha value is -3.36. The Morgan fingerprint density at radius 1 is 0.925 bits per heavy atom. The van der Waals surface area contributed by atoms with Gasteiger partial charge in [-0.3, -0.25) is 13.9 Å². The van der Waals surface area contributed by atoms with E-state index in [4.69, 9.17) is 11.6 Å². The van der Waals surface area contributed by atoms with Crippen LogP contribution in [0, 0.1) is 0 Å². The lowest BCUT2D eigenvalue weighted by Gasteiger charge is -2.35. The third kappa shape index (κ3) is 8.83. The Labute approximate surface area is 243 Å². The van der Waals surface area contributed by atoms with Crippen LogP contribution in [-0.2, 0) is 39.0 Å². The molecule has 0 fully saturated rings. The van der Waals surface area contributed by atoms with Crippen LogP contribution in [0.5, 0.6) is 0 Å². The number of amides is 2. The van der Waals surface area contributed by atoms with Crippen LogP contribution >= 0.6 is 11.6 Å². The molecule has 0 radical (unpaired) electrons. The van der Waals surface area contributed by atoms with Crippen molar-refractivity contribution in [2.24, 2.45) is 0 Å². The third-order valence-electron chi connectivity index (χ3n) is 6.33. The highest BCUT2D eigenvalue weighted by Crippen LogP contribution is 2.25. The maximum atomic E-state index is 14.2. The molecule has 0 bridgehead atoms. The molecule has 0 aliphatic heterocycles. The third-order valence-corrected chi connectivity index (χ3v) is 7.69.